The number of hydrogen-bond donors (Lipinski definition) is 2. The number of anilines is 2. The number of phenols is 1. The highest BCUT2D eigenvalue weighted by molar-refractivity contribution is 6.04. The Balaban J connectivity index is 2.18. The molecule has 110 valence electrons. The zero-order valence-electron chi connectivity index (χ0n) is 12.3. The third-order valence-electron chi connectivity index (χ3n) is 3.06. The Morgan fingerprint density at radius 3 is 2.57 bits per heavy atom. The highest BCUT2D eigenvalue weighted by atomic mass is 16.5. The first kappa shape index (κ1) is 14.7. The highest BCUT2D eigenvalue weighted by Gasteiger charge is 2.10. The lowest BCUT2D eigenvalue weighted by molar-refractivity contribution is 0.102. The molecule has 0 aliphatic rings. The number of carbonyl (C=O) groups is 1. The van der Waals surface area contributed by atoms with Crippen molar-refractivity contribution in [2.75, 3.05) is 31.4 Å². The van der Waals surface area contributed by atoms with Crippen LogP contribution in [0.3, 0.4) is 0 Å². The molecule has 5 heteroatoms. The monoisotopic (exact) mass is 286 g/mol. The molecule has 0 aliphatic carbocycles. The second kappa shape index (κ2) is 6.17. The summed E-state index contributed by atoms with van der Waals surface area (Å²) in [6.07, 6.45) is 0. The van der Waals surface area contributed by atoms with Gasteiger partial charge in [-0.3, -0.25) is 4.79 Å². The van der Waals surface area contributed by atoms with Crippen LogP contribution in [0.1, 0.15) is 10.4 Å². The largest absolute Gasteiger partial charge is 0.504 e. The summed E-state index contributed by atoms with van der Waals surface area (Å²) in [4.78, 5) is 14.1. The predicted octanol–water partition coefficient (Wildman–Crippen LogP) is 2.72. The summed E-state index contributed by atoms with van der Waals surface area (Å²) in [6, 6.07) is 12.1. The molecule has 1 amide bonds. The molecule has 0 atom stereocenters. The summed E-state index contributed by atoms with van der Waals surface area (Å²) >= 11 is 0. The topological polar surface area (TPSA) is 61.8 Å². The smallest absolute Gasteiger partial charge is 0.255 e. The van der Waals surface area contributed by atoms with E-state index < -0.39 is 0 Å². The minimum atomic E-state index is -0.288. The van der Waals surface area contributed by atoms with Crippen molar-refractivity contribution in [1.29, 1.82) is 0 Å². The molecular weight excluding hydrogens is 268 g/mol. The average Bonchev–Trinajstić information content (AvgIpc) is 2.47. The maximum absolute atomic E-state index is 12.2. The van der Waals surface area contributed by atoms with Crippen LogP contribution in [0, 0.1) is 0 Å². The molecule has 2 N–H and O–H groups in total. The number of amides is 1. The van der Waals surface area contributed by atoms with E-state index in [0.29, 0.717) is 17.0 Å². The van der Waals surface area contributed by atoms with Crippen LogP contribution < -0.4 is 15.0 Å². The quantitative estimate of drug-likeness (QED) is 0.907. The maximum Gasteiger partial charge on any atom is 0.255 e. The summed E-state index contributed by atoms with van der Waals surface area (Å²) in [7, 11) is 5.33. The van der Waals surface area contributed by atoms with Gasteiger partial charge < -0.3 is 20.1 Å². The van der Waals surface area contributed by atoms with Crippen LogP contribution in [0.25, 0.3) is 0 Å². The van der Waals surface area contributed by atoms with Gasteiger partial charge in [0.1, 0.15) is 0 Å². The number of phenolic OH excluding ortho intramolecular Hbond substituents is 1. The molecule has 0 fully saturated rings. The van der Waals surface area contributed by atoms with E-state index in [4.69, 9.17) is 4.74 Å². The van der Waals surface area contributed by atoms with Crippen LogP contribution in [0.4, 0.5) is 11.4 Å². The molecule has 0 radical (unpaired) electrons. The van der Waals surface area contributed by atoms with Gasteiger partial charge in [0.2, 0.25) is 0 Å². The lowest BCUT2D eigenvalue weighted by Crippen LogP contribution is -2.13. The molecule has 0 unspecified atom stereocenters. The van der Waals surface area contributed by atoms with E-state index in [9.17, 15) is 9.90 Å². The molecule has 0 saturated carbocycles. The number of methoxy groups -OCH3 is 1. The average molecular weight is 286 g/mol. The van der Waals surface area contributed by atoms with E-state index in [1.807, 2.05) is 43.3 Å². The molecule has 0 saturated heterocycles. The number of carbonyl (C=O) groups excluding carboxylic acids is 1. The van der Waals surface area contributed by atoms with Gasteiger partial charge in [0, 0.05) is 31.0 Å². The highest BCUT2D eigenvalue weighted by Crippen LogP contribution is 2.26. The fourth-order valence-corrected chi connectivity index (χ4v) is 1.90. The zero-order valence-corrected chi connectivity index (χ0v) is 12.3. The maximum atomic E-state index is 12.2. The van der Waals surface area contributed by atoms with E-state index in [-0.39, 0.29) is 11.7 Å². The second-order valence-electron chi connectivity index (χ2n) is 4.79. The van der Waals surface area contributed by atoms with Crippen LogP contribution in [0.2, 0.25) is 0 Å². The van der Waals surface area contributed by atoms with Crippen molar-refractivity contribution in [2.24, 2.45) is 0 Å². The van der Waals surface area contributed by atoms with E-state index >= 15 is 0 Å². The fraction of sp³-hybridized carbons (Fsp3) is 0.188. The van der Waals surface area contributed by atoms with Crippen LogP contribution in [-0.2, 0) is 0 Å². The SMILES string of the molecule is COc1ccc(C(=O)Nc2cccc(N(C)C)c2)cc1O. The molecule has 0 aromatic heterocycles. The minimum absolute atomic E-state index is 0.0628. The standard InChI is InChI=1S/C16H18N2O3/c1-18(2)13-6-4-5-12(10-13)17-16(20)11-7-8-15(21-3)14(19)9-11/h4-10,19H,1-3H3,(H,17,20). The lowest BCUT2D eigenvalue weighted by Gasteiger charge is -2.14. The molecule has 2 aromatic carbocycles. The Kier molecular flexibility index (Phi) is 4.33. The molecule has 0 spiro atoms. The number of rotatable bonds is 4. The van der Waals surface area contributed by atoms with Gasteiger partial charge in [-0.1, -0.05) is 6.07 Å². The van der Waals surface area contributed by atoms with Crippen molar-refractivity contribution in [1.82, 2.24) is 0 Å². The fourth-order valence-electron chi connectivity index (χ4n) is 1.90. The number of benzene rings is 2. The number of nitrogens with zero attached hydrogens (tertiary/aromatic N) is 1. The van der Waals surface area contributed by atoms with E-state index in [2.05, 4.69) is 5.32 Å². The van der Waals surface area contributed by atoms with Crippen molar-refractivity contribution in [3.8, 4) is 11.5 Å². The van der Waals surface area contributed by atoms with Crippen molar-refractivity contribution < 1.29 is 14.6 Å². The molecule has 2 rings (SSSR count). The van der Waals surface area contributed by atoms with Gasteiger partial charge in [-0.2, -0.15) is 0 Å². The summed E-state index contributed by atoms with van der Waals surface area (Å²) in [5.74, 6) is -0.0165. The molecule has 0 bridgehead atoms. The van der Waals surface area contributed by atoms with Crippen molar-refractivity contribution in [2.45, 2.75) is 0 Å². The van der Waals surface area contributed by atoms with Gasteiger partial charge in [-0.05, 0) is 36.4 Å². The Labute approximate surface area is 123 Å². The number of ether oxygens (including phenoxy) is 1. The number of aromatic hydroxyl groups is 1. The van der Waals surface area contributed by atoms with Gasteiger partial charge in [0.25, 0.3) is 5.91 Å². The first-order valence-corrected chi connectivity index (χ1v) is 6.47. The first-order valence-electron chi connectivity index (χ1n) is 6.47. The summed E-state index contributed by atoms with van der Waals surface area (Å²) in [5.41, 5.74) is 2.05. The molecule has 21 heavy (non-hydrogen) atoms. The van der Waals surface area contributed by atoms with E-state index in [1.54, 1.807) is 12.1 Å². The predicted molar refractivity (Wildman–Crippen MR) is 83.4 cm³/mol. The Hall–Kier alpha value is -2.69. The first-order chi connectivity index (χ1) is 10.0. The van der Waals surface area contributed by atoms with Crippen LogP contribution in [0.15, 0.2) is 42.5 Å². The van der Waals surface area contributed by atoms with Gasteiger partial charge in [-0.15, -0.1) is 0 Å². The van der Waals surface area contributed by atoms with Gasteiger partial charge in [0.05, 0.1) is 7.11 Å². The zero-order chi connectivity index (χ0) is 15.4. The normalized spacial score (nSPS) is 10.0. The van der Waals surface area contributed by atoms with Crippen molar-refractivity contribution >= 4 is 17.3 Å². The molecule has 5 nitrogen and oxygen atoms in total. The van der Waals surface area contributed by atoms with Crippen molar-refractivity contribution in [3.63, 3.8) is 0 Å². The van der Waals surface area contributed by atoms with Crippen LogP contribution >= 0.6 is 0 Å². The Bertz CT molecular complexity index is 654. The summed E-state index contributed by atoms with van der Waals surface area (Å²) < 4.78 is 4.95. The third kappa shape index (κ3) is 3.45. The molecule has 0 heterocycles. The number of nitrogens with one attached hydrogen (secondary N) is 1. The number of hydrogen-bond acceptors (Lipinski definition) is 4. The van der Waals surface area contributed by atoms with Gasteiger partial charge in [-0.25, -0.2) is 0 Å². The molecule has 2 aromatic rings. The van der Waals surface area contributed by atoms with Gasteiger partial charge >= 0.3 is 0 Å². The van der Waals surface area contributed by atoms with E-state index in [1.165, 1.54) is 13.2 Å². The molecule has 0 aliphatic heterocycles. The third-order valence-corrected chi connectivity index (χ3v) is 3.06. The second-order valence-corrected chi connectivity index (χ2v) is 4.79. The summed E-state index contributed by atoms with van der Waals surface area (Å²) in [5, 5.41) is 12.5. The van der Waals surface area contributed by atoms with Crippen molar-refractivity contribution in [3.05, 3.63) is 48.0 Å². The Morgan fingerprint density at radius 2 is 1.95 bits per heavy atom. The summed E-state index contributed by atoms with van der Waals surface area (Å²) in [6.45, 7) is 0. The molecular formula is C16H18N2O3. The Morgan fingerprint density at radius 1 is 1.19 bits per heavy atom. The lowest BCUT2D eigenvalue weighted by atomic mass is 10.1. The van der Waals surface area contributed by atoms with E-state index in [0.717, 1.165) is 5.69 Å². The minimum Gasteiger partial charge on any atom is -0.504 e. The van der Waals surface area contributed by atoms with Crippen LogP contribution in [-0.4, -0.2) is 32.2 Å². The van der Waals surface area contributed by atoms with Gasteiger partial charge in [0.15, 0.2) is 11.5 Å². The van der Waals surface area contributed by atoms with Crippen LogP contribution in [0.5, 0.6) is 11.5 Å².